The highest BCUT2D eigenvalue weighted by atomic mass is 32.1. The molecule has 3 nitrogen and oxygen atoms in total. The third kappa shape index (κ3) is 0.914. The van der Waals surface area contributed by atoms with Crippen LogP contribution >= 0.6 is 11.3 Å². The van der Waals surface area contributed by atoms with Crippen molar-refractivity contribution >= 4 is 21.6 Å². The Balaban J connectivity index is 3.01. The fourth-order valence-electron chi connectivity index (χ4n) is 0.959. The Morgan fingerprint density at radius 3 is 3.00 bits per heavy atom. The van der Waals surface area contributed by atoms with Gasteiger partial charge in [-0.25, -0.2) is 0 Å². The van der Waals surface area contributed by atoms with Gasteiger partial charge in [-0.1, -0.05) is 17.4 Å². The first kappa shape index (κ1) is 6.42. The van der Waals surface area contributed by atoms with Gasteiger partial charge in [0.25, 0.3) is 0 Å². The van der Waals surface area contributed by atoms with Crippen LogP contribution in [0.5, 0.6) is 5.75 Å². The van der Waals surface area contributed by atoms with E-state index in [2.05, 4.69) is 4.98 Å². The van der Waals surface area contributed by atoms with Crippen LogP contribution in [0.1, 0.15) is 0 Å². The maximum Gasteiger partial charge on any atom is 0.305 e. The third-order valence-electron chi connectivity index (χ3n) is 1.43. The first-order chi connectivity index (χ1) is 5.27. The van der Waals surface area contributed by atoms with Crippen LogP contribution in [0.25, 0.3) is 10.2 Å². The summed E-state index contributed by atoms with van der Waals surface area (Å²) < 4.78 is 0.623. The fraction of sp³-hybridized carbons (Fsp3) is 0. The number of nitrogens with one attached hydrogen (secondary N) is 1. The topological polar surface area (TPSA) is 53.1 Å². The Kier molecular flexibility index (Phi) is 1.22. The van der Waals surface area contributed by atoms with Gasteiger partial charge in [-0.15, -0.1) is 0 Å². The molecular formula is C7H5NO2S. The fourth-order valence-corrected chi connectivity index (χ4v) is 1.71. The maximum atomic E-state index is 10.8. The summed E-state index contributed by atoms with van der Waals surface area (Å²) in [6.45, 7) is 0. The van der Waals surface area contributed by atoms with Gasteiger partial charge in [0, 0.05) is 0 Å². The van der Waals surface area contributed by atoms with E-state index in [0.29, 0.717) is 10.2 Å². The van der Waals surface area contributed by atoms with Crippen LogP contribution in [-0.4, -0.2) is 10.1 Å². The molecule has 2 N–H and O–H groups in total. The lowest BCUT2D eigenvalue weighted by Gasteiger charge is -1.89. The van der Waals surface area contributed by atoms with Gasteiger partial charge in [0.15, 0.2) is 0 Å². The number of aromatic hydroxyl groups is 1. The van der Waals surface area contributed by atoms with E-state index in [1.54, 1.807) is 18.2 Å². The second kappa shape index (κ2) is 2.10. The molecule has 0 aliphatic carbocycles. The smallest absolute Gasteiger partial charge is 0.305 e. The molecule has 1 aromatic carbocycles. The van der Waals surface area contributed by atoms with E-state index in [0.717, 1.165) is 11.3 Å². The summed E-state index contributed by atoms with van der Waals surface area (Å²) in [6, 6.07) is 5.01. The van der Waals surface area contributed by atoms with Gasteiger partial charge < -0.3 is 10.1 Å². The van der Waals surface area contributed by atoms with E-state index in [4.69, 9.17) is 0 Å². The number of aromatic amines is 1. The normalized spacial score (nSPS) is 10.5. The number of rotatable bonds is 0. The van der Waals surface area contributed by atoms with Gasteiger partial charge in [0.05, 0.1) is 10.2 Å². The Morgan fingerprint density at radius 2 is 2.27 bits per heavy atom. The molecule has 2 rings (SSSR count). The molecule has 1 heterocycles. The molecule has 0 aliphatic heterocycles. The molecule has 0 fully saturated rings. The quantitative estimate of drug-likeness (QED) is 0.621. The van der Waals surface area contributed by atoms with Crippen molar-refractivity contribution in [1.82, 2.24) is 4.98 Å². The van der Waals surface area contributed by atoms with Crippen molar-refractivity contribution in [1.29, 1.82) is 0 Å². The Hall–Kier alpha value is -1.29. The number of hydrogen-bond acceptors (Lipinski definition) is 3. The van der Waals surface area contributed by atoms with Crippen LogP contribution in [0.4, 0.5) is 0 Å². The van der Waals surface area contributed by atoms with Gasteiger partial charge in [-0.2, -0.15) is 0 Å². The third-order valence-corrected chi connectivity index (χ3v) is 2.35. The van der Waals surface area contributed by atoms with Gasteiger partial charge >= 0.3 is 4.87 Å². The SMILES string of the molecule is O=c1[nH]c2cccc(O)c2s1. The highest BCUT2D eigenvalue weighted by molar-refractivity contribution is 7.16. The van der Waals surface area contributed by atoms with Crippen LogP contribution in [0.3, 0.4) is 0 Å². The lowest BCUT2D eigenvalue weighted by molar-refractivity contribution is 0.482. The Morgan fingerprint density at radius 1 is 1.45 bits per heavy atom. The molecule has 0 unspecified atom stereocenters. The number of fused-ring (bicyclic) bond motifs is 1. The number of H-pyrrole nitrogens is 1. The van der Waals surface area contributed by atoms with E-state index in [1.807, 2.05) is 0 Å². The van der Waals surface area contributed by atoms with Crippen molar-refractivity contribution in [3.63, 3.8) is 0 Å². The van der Waals surface area contributed by atoms with Crippen molar-refractivity contribution in [2.24, 2.45) is 0 Å². The lowest BCUT2D eigenvalue weighted by Crippen LogP contribution is -1.89. The molecule has 0 bridgehead atoms. The predicted molar refractivity (Wildman–Crippen MR) is 44.1 cm³/mol. The highest BCUT2D eigenvalue weighted by Crippen LogP contribution is 2.24. The second-order valence-electron chi connectivity index (χ2n) is 2.17. The van der Waals surface area contributed by atoms with Crippen LogP contribution in [0.2, 0.25) is 0 Å². The summed E-state index contributed by atoms with van der Waals surface area (Å²) in [6.07, 6.45) is 0. The number of phenols is 1. The molecule has 1 aromatic heterocycles. The van der Waals surface area contributed by atoms with Crippen molar-refractivity contribution in [3.05, 3.63) is 27.9 Å². The number of benzene rings is 1. The molecule has 56 valence electrons. The number of hydrogen-bond donors (Lipinski definition) is 2. The number of aromatic nitrogens is 1. The molecule has 0 spiro atoms. The van der Waals surface area contributed by atoms with Crippen LogP contribution in [0, 0.1) is 0 Å². The molecule has 0 atom stereocenters. The summed E-state index contributed by atoms with van der Waals surface area (Å²) in [5.74, 6) is 0.158. The van der Waals surface area contributed by atoms with E-state index < -0.39 is 0 Å². The van der Waals surface area contributed by atoms with Crippen molar-refractivity contribution in [3.8, 4) is 5.75 Å². The second-order valence-corrected chi connectivity index (χ2v) is 3.15. The predicted octanol–water partition coefficient (Wildman–Crippen LogP) is 1.30. The summed E-state index contributed by atoms with van der Waals surface area (Å²) in [7, 11) is 0. The summed E-state index contributed by atoms with van der Waals surface area (Å²) in [5, 5.41) is 9.24. The van der Waals surface area contributed by atoms with Crippen LogP contribution < -0.4 is 4.87 Å². The Bertz CT molecular complexity index is 443. The number of phenolic OH excluding ortho intramolecular Hbond substituents is 1. The molecule has 0 amide bonds. The van der Waals surface area contributed by atoms with Crippen molar-refractivity contribution in [2.45, 2.75) is 0 Å². The molecular weight excluding hydrogens is 162 g/mol. The van der Waals surface area contributed by atoms with E-state index in [9.17, 15) is 9.90 Å². The monoisotopic (exact) mass is 167 g/mol. The molecule has 4 heteroatoms. The molecule has 0 saturated heterocycles. The molecule has 0 aliphatic rings. The Labute approximate surface area is 65.9 Å². The van der Waals surface area contributed by atoms with Crippen LogP contribution in [0.15, 0.2) is 23.0 Å². The van der Waals surface area contributed by atoms with E-state index in [1.165, 1.54) is 0 Å². The minimum Gasteiger partial charge on any atom is -0.506 e. The molecule has 2 aromatic rings. The molecule has 11 heavy (non-hydrogen) atoms. The van der Waals surface area contributed by atoms with Crippen LogP contribution in [-0.2, 0) is 0 Å². The van der Waals surface area contributed by atoms with Gasteiger partial charge in [-0.3, -0.25) is 4.79 Å². The van der Waals surface area contributed by atoms with Gasteiger partial charge in [-0.05, 0) is 12.1 Å². The standard InChI is InChI=1S/C7H5NO2S/c9-5-3-1-2-4-6(5)11-7(10)8-4/h1-3,9H,(H,8,10). The summed E-state index contributed by atoms with van der Waals surface area (Å²) in [4.78, 5) is 13.3. The van der Waals surface area contributed by atoms with Gasteiger partial charge in [0.1, 0.15) is 5.75 Å². The van der Waals surface area contributed by atoms with E-state index in [-0.39, 0.29) is 10.6 Å². The zero-order valence-corrected chi connectivity index (χ0v) is 6.31. The highest BCUT2D eigenvalue weighted by Gasteiger charge is 2.01. The van der Waals surface area contributed by atoms with Gasteiger partial charge in [0.2, 0.25) is 0 Å². The number of thiazole rings is 1. The van der Waals surface area contributed by atoms with Crippen molar-refractivity contribution < 1.29 is 5.11 Å². The average Bonchev–Trinajstić information content (AvgIpc) is 2.31. The first-order valence-corrected chi connectivity index (χ1v) is 3.90. The minimum atomic E-state index is -0.137. The van der Waals surface area contributed by atoms with E-state index >= 15 is 0 Å². The zero-order valence-electron chi connectivity index (χ0n) is 5.50. The summed E-state index contributed by atoms with van der Waals surface area (Å²) >= 11 is 1.02. The minimum absolute atomic E-state index is 0.137. The zero-order chi connectivity index (χ0) is 7.84. The average molecular weight is 167 g/mol. The first-order valence-electron chi connectivity index (χ1n) is 3.08. The molecule has 0 radical (unpaired) electrons. The maximum absolute atomic E-state index is 10.8. The largest absolute Gasteiger partial charge is 0.506 e. The molecule has 0 saturated carbocycles. The van der Waals surface area contributed by atoms with Crippen molar-refractivity contribution in [2.75, 3.05) is 0 Å². The summed E-state index contributed by atoms with van der Waals surface area (Å²) in [5.41, 5.74) is 0.694. The lowest BCUT2D eigenvalue weighted by atomic mass is 10.3.